The molecule has 1 rings (SSSR count). The van der Waals surface area contributed by atoms with Crippen molar-refractivity contribution >= 4 is 0 Å². The lowest BCUT2D eigenvalue weighted by Crippen LogP contribution is -2.44. The van der Waals surface area contributed by atoms with Crippen LogP contribution in [0.15, 0.2) is 0 Å². The van der Waals surface area contributed by atoms with E-state index < -0.39 is 18.9 Å². The Morgan fingerprint density at radius 1 is 1.36 bits per heavy atom. The highest BCUT2D eigenvalue weighted by atomic mass is 19.4. The van der Waals surface area contributed by atoms with Crippen molar-refractivity contribution in [1.29, 1.82) is 0 Å². The van der Waals surface area contributed by atoms with Crippen LogP contribution in [0, 0.1) is 5.92 Å². The molecule has 1 atom stereocenters. The first-order chi connectivity index (χ1) is 6.38. The van der Waals surface area contributed by atoms with Gasteiger partial charge in [-0.3, -0.25) is 4.90 Å². The molecule has 1 aliphatic rings. The number of alkyl halides is 3. The van der Waals surface area contributed by atoms with E-state index in [1.54, 1.807) is 0 Å². The summed E-state index contributed by atoms with van der Waals surface area (Å²) in [5, 5.41) is 9.03. The van der Waals surface area contributed by atoms with Gasteiger partial charge in [-0.2, -0.15) is 13.2 Å². The van der Waals surface area contributed by atoms with Crippen LogP contribution in [-0.4, -0.2) is 42.0 Å². The number of hydrogen-bond acceptors (Lipinski definition) is 3. The van der Waals surface area contributed by atoms with Crippen LogP contribution in [0.5, 0.6) is 0 Å². The number of rotatable bonds is 2. The van der Waals surface area contributed by atoms with Crippen LogP contribution in [-0.2, 0) is 0 Å². The quantitative estimate of drug-likeness (QED) is 0.657. The average molecular weight is 212 g/mol. The van der Waals surface area contributed by atoms with Crippen molar-refractivity contribution in [2.45, 2.75) is 25.2 Å². The van der Waals surface area contributed by atoms with Crippen molar-refractivity contribution in [1.82, 2.24) is 4.90 Å². The Morgan fingerprint density at radius 3 is 2.21 bits per heavy atom. The smallest absolute Gasteiger partial charge is 0.379 e. The molecule has 0 radical (unpaired) electrons. The fraction of sp³-hybridized carbons (Fsp3) is 1.00. The van der Waals surface area contributed by atoms with E-state index in [0.717, 1.165) is 0 Å². The maximum absolute atomic E-state index is 12.0. The molecule has 0 aromatic heterocycles. The van der Waals surface area contributed by atoms with E-state index in [1.807, 2.05) is 0 Å². The standard InChI is InChI=1S/C8H15F3N2O/c9-8(10,11)5-13-3-1-6(2-4-13)7(12)14/h6-7,14H,1-5,12H2. The molecule has 3 nitrogen and oxygen atoms in total. The Morgan fingerprint density at radius 2 is 1.86 bits per heavy atom. The van der Waals surface area contributed by atoms with Gasteiger partial charge in [0.15, 0.2) is 0 Å². The number of piperidine rings is 1. The topological polar surface area (TPSA) is 49.5 Å². The summed E-state index contributed by atoms with van der Waals surface area (Å²) in [6, 6.07) is 0. The third-order valence-electron chi connectivity index (χ3n) is 2.52. The second-order valence-corrected chi connectivity index (χ2v) is 3.72. The molecule has 1 saturated heterocycles. The second-order valence-electron chi connectivity index (χ2n) is 3.72. The average Bonchev–Trinajstić information content (AvgIpc) is 2.02. The van der Waals surface area contributed by atoms with E-state index >= 15 is 0 Å². The normalized spacial score (nSPS) is 23.8. The van der Waals surface area contributed by atoms with E-state index in [2.05, 4.69) is 0 Å². The molecule has 0 aliphatic carbocycles. The van der Waals surface area contributed by atoms with Gasteiger partial charge in [-0.25, -0.2) is 0 Å². The minimum Gasteiger partial charge on any atom is -0.379 e. The number of nitrogens with zero attached hydrogens (tertiary/aromatic N) is 1. The van der Waals surface area contributed by atoms with Crippen LogP contribution in [0.4, 0.5) is 13.2 Å². The van der Waals surface area contributed by atoms with Crippen molar-refractivity contribution in [3.63, 3.8) is 0 Å². The van der Waals surface area contributed by atoms with Crippen molar-refractivity contribution in [3.05, 3.63) is 0 Å². The van der Waals surface area contributed by atoms with Crippen molar-refractivity contribution in [2.24, 2.45) is 11.7 Å². The van der Waals surface area contributed by atoms with Gasteiger partial charge in [0.05, 0.1) is 6.54 Å². The van der Waals surface area contributed by atoms with Crippen molar-refractivity contribution < 1.29 is 18.3 Å². The van der Waals surface area contributed by atoms with Gasteiger partial charge in [0.2, 0.25) is 0 Å². The van der Waals surface area contributed by atoms with Gasteiger partial charge >= 0.3 is 6.18 Å². The van der Waals surface area contributed by atoms with Crippen LogP contribution in [0.1, 0.15) is 12.8 Å². The maximum atomic E-state index is 12.0. The fourth-order valence-electron chi connectivity index (χ4n) is 1.71. The summed E-state index contributed by atoms with van der Waals surface area (Å²) in [6.07, 6.45) is -3.96. The molecule has 0 spiro atoms. The highest BCUT2D eigenvalue weighted by molar-refractivity contribution is 4.76. The van der Waals surface area contributed by atoms with Gasteiger partial charge in [-0.1, -0.05) is 0 Å². The lowest BCUT2D eigenvalue weighted by atomic mass is 9.95. The largest absolute Gasteiger partial charge is 0.401 e. The first-order valence-corrected chi connectivity index (χ1v) is 4.61. The monoisotopic (exact) mass is 212 g/mol. The van der Waals surface area contributed by atoms with Crippen LogP contribution in [0.25, 0.3) is 0 Å². The van der Waals surface area contributed by atoms with E-state index in [1.165, 1.54) is 4.90 Å². The first-order valence-electron chi connectivity index (χ1n) is 4.61. The zero-order chi connectivity index (χ0) is 10.8. The third kappa shape index (κ3) is 3.81. The van der Waals surface area contributed by atoms with E-state index in [4.69, 9.17) is 10.8 Å². The molecular weight excluding hydrogens is 197 g/mol. The molecule has 0 bridgehead atoms. The molecule has 14 heavy (non-hydrogen) atoms. The molecule has 0 saturated carbocycles. The van der Waals surface area contributed by atoms with Crippen LogP contribution in [0.3, 0.4) is 0 Å². The predicted octanol–water partition coefficient (Wildman–Crippen LogP) is 0.538. The number of halogens is 3. The number of hydrogen-bond donors (Lipinski definition) is 2. The number of aliphatic hydroxyl groups is 1. The number of aliphatic hydroxyl groups excluding tert-OH is 1. The third-order valence-corrected chi connectivity index (χ3v) is 2.52. The fourth-order valence-corrected chi connectivity index (χ4v) is 1.71. The van der Waals surface area contributed by atoms with E-state index in [-0.39, 0.29) is 5.92 Å². The lowest BCUT2D eigenvalue weighted by molar-refractivity contribution is -0.149. The molecule has 1 heterocycles. The highest BCUT2D eigenvalue weighted by Crippen LogP contribution is 2.23. The van der Waals surface area contributed by atoms with Crippen LogP contribution < -0.4 is 5.73 Å². The van der Waals surface area contributed by atoms with E-state index in [9.17, 15) is 13.2 Å². The summed E-state index contributed by atoms with van der Waals surface area (Å²) >= 11 is 0. The number of nitrogens with two attached hydrogens (primary N) is 1. The van der Waals surface area contributed by atoms with Crippen molar-refractivity contribution in [3.8, 4) is 0 Å². The van der Waals surface area contributed by atoms with Gasteiger partial charge in [0.1, 0.15) is 6.23 Å². The van der Waals surface area contributed by atoms with Crippen LogP contribution >= 0.6 is 0 Å². The Labute approximate surface area is 80.7 Å². The minimum atomic E-state index is -4.13. The molecule has 6 heteroatoms. The summed E-state index contributed by atoms with van der Waals surface area (Å²) in [5.74, 6) is -0.0560. The molecule has 84 valence electrons. The maximum Gasteiger partial charge on any atom is 0.401 e. The summed E-state index contributed by atoms with van der Waals surface area (Å²) in [7, 11) is 0. The molecule has 1 fully saturated rings. The summed E-state index contributed by atoms with van der Waals surface area (Å²) in [5.41, 5.74) is 5.25. The zero-order valence-corrected chi connectivity index (χ0v) is 7.80. The van der Waals surface area contributed by atoms with Gasteiger partial charge in [-0.15, -0.1) is 0 Å². The molecular formula is C8H15F3N2O. The van der Waals surface area contributed by atoms with Gasteiger partial charge < -0.3 is 10.8 Å². The molecule has 1 aliphatic heterocycles. The SMILES string of the molecule is NC(O)C1CCN(CC(F)(F)F)CC1. The Balaban J connectivity index is 2.29. The Kier molecular flexibility index (Phi) is 3.74. The number of likely N-dealkylation sites (tertiary alicyclic amines) is 1. The molecule has 3 N–H and O–H groups in total. The van der Waals surface area contributed by atoms with E-state index in [0.29, 0.717) is 25.9 Å². The van der Waals surface area contributed by atoms with Gasteiger partial charge in [-0.05, 0) is 25.9 Å². The van der Waals surface area contributed by atoms with Crippen LogP contribution in [0.2, 0.25) is 0 Å². The zero-order valence-electron chi connectivity index (χ0n) is 7.80. The lowest BCUT2D eigenvalue weighted by Gasteiger charge is -2.33. The summed E-state index contributed by atoms with van der Waals surface area (Å²) in [4.78, 5) is 1.35. The van der Waals surface area contributed by atoms with Gasteiger partial charge in [0, 0.05) is 5.92 Å². The Bertz CT molecular complexity index is 176. The highest BCUT2D eigenvalue weighted by Gasteiger charge is 2.33. The molecule has 0 amide bonds. The Hall–Kier alpha value is -0.330. The molecule has 0 aromatic carbocycles. The molecule has 0 aromatic rings. The second kappa shape index (κ2) is 4.46. The van der Waals surface area contributed by atoms with Crippen molar-refractivity contribution in [2.75, 3.05) is 19.6 Å². The summed E-state index contributed by atoms with van der Waals surface area (Å²) < 4.78 is 35.9. The minimum absolute atomic E-state index is 0.0560. The van der Waals surface area contributed by atoms with Gasteiger partial charge in [0.25, 0.3) is 0 Å². The predicted molar refractivity (Wildman–Crippen MR) is 45.4 cm³/mol. The first kappa shape index (κ1) is 11.7. The summed E-state index contributed by atoms with van der Waals surface area (Å²) in [6.45, 7) is -0.142. The molecule has 1 unspecified atom stereocenters.